The van der Waals surface area contributed by atoms with Crippen molar-refractivity contribution in [3.63, 3.8) is 0 Å². The van der Waals surface area contributed by atoms with Gasteiger partial charge >= 0.3 is 0 Å². The van der Waals surface area contributed by atoms with Gasteiger partial charge < -0.3 is 9.80 Å². The van der Waals surface area contributed by atoms with Crippen LogP contribution in [0.2, 0.25) is 0 Å². The molecule has 2 saturated heterocycles. The Kier molecular flexibility index (Phi) is 13.7. The molecule has 2 rings (SSSR count). The minimum absolute atomic E-state index is 0.662. The standard InChI is InChI=1S/C15H27N3.2C2H6/c1-3-4-15-5-7-17(8-6-15)13-14-18-11-9-16(2)10-12-18;2*1-2/h15H,5-14H2,1-2H3;2*1-2H3. The molecule has 0 unspecified atom stereocenters. The third kappa shape index (κ3) is 8.78. The van der Waals surface area contributed by atoms with E-state index in [0.717, 1.165) is 0 Å². The van der Waals surface area contributed by atoms with Gasteiger partial charge in [-0.1, -0.05) is 27.7 Å². The van der Waals surface area contributed by atoms with Crippen molar-refractivity contribution in [2.24, 2.45) is 5.92 Å². The number of piperidine rings is 1. The maximum atomic E-state index is 3.32. The summed E-state index contributed by atoms with van der Waals surface area (Å²) in [5.74, 6) is 7.04. The van der Waals surface area contributed by atoms with Gasteiger partial charge in [-0.2, -0.15) is 0 Å². The normalized spacial score (nSPS) is 20.8. The first-order valence-electron chi connectivity index (χ1n) is 9.33. The molecule has 2 heterocycles. The van der Waals surface area contributed by atoms with Crippen molar-refractivity contribution in [3.05, 3.63) is 0 Å². The van der Waals surface area contributed by atoms with Crippen LogP contribution >= 0.6 is 0 Å². The van der Waals surface area contributed by atoms with Gasteiger partial charge in [-0.3, -0.25) is 4.90 Å². The molecule has 3 heteroatoms. The minimum atomic E-state index is 0.662. The van der Waals surface area contributed by atoms with E-state index in [2.05, 4.69) is 33.6 Å². The first kappa shape index (κ1) is 21.4. The number of piperazine rings is 1. The Balaban J connectivity index is 0.00000102. The molecule has 2 aliphatic heterocycles. The molecule has 0 aromatic heterocycles. The summed E-state index contributed by atoms with van der Waals surface area (Å²) in [6.45, 7) is 19.9. The molecule has 130 valence electrons. The number of hydrogen-bond donors (Lipinski definition) is 0. The SMILES string of the molecule is CC.CC.CC#CC1CCN(CCN2CCN(C)CC2)CC1. The molecule has 2 fully saturated rings. The van der Waals surface area contributed by atoms with Crippen LogP contribution in [0.5, 0.6) is 0 Å². The molecule has 22 heavy (non-hydrogen) atoms. The van der Waals surface area contributed by atoms with E-state index in [1.165, 1.54) is 65.2 Å². The maximum Gasteiger partial charge on any atom is 0.0227 e. The Morgan fingerprint density at radius 2 is 1.23 bits per heavy atom. The average Bonchev–Trinajstić information content (AvgIpc) is 2.60. The van der Waals surface area contributed by atoms with Crippen LogP contribution in [0.4, 0.5) is 0 Å². The lowest BCUT2D eigenvalue weighted by Gasteiger charge is -2.35. The Morgan fingerprint density at radius 3 is 1.68 bits per heavy atom. The molecule has 0 amide bonds. The highest BCUT2D eigenvalue weighted by atomic mass is 15.3. The van der Waals surface area contributed by atoms with Crippen molar-refractivity contribution in [2.75, 3.05) is 59.4 Å². The Labute approximate surface area is 140 Å². The fraction of sp³-hybridized carbons (Fsp3) is 0.895. The smallest absolute Gasteiger partial charge is 0.0227 e. The Bertz CT molecular complexity index is 290. The minimum Gasteiger partial charge on any atom is -0.304 e. The summed E-state index contributed by atoms with van der Waals surface area (Å²) in [4.78, 5) is 7.65. The number of likely N-dealkylation sites (N-methyl/N-ethyl adjacent to an activating group) is 1. The van der Waals surface area contributed by atoms with Gasteiger partial charge in [0.1, 0.15) is 0 Å². The number of nitrogens with zero attached hydrogens (tertiary/aromatic N) is 3. The van der Waals surface area contributed by atoms with Crippen molar-refractivity contribution in [2.45, 2.75) is 47.5 Å². The summed E-state index contributed by atoms with van der Waals surface area (Å²) < 4.78 is 0. The van der Waals surface area contributed by atoms with Crippen LogP contribution < -0.4 is 0 Å². The van der Waals surface area contributed by atoms with E-state index in [-0.39, 0.29) is 0 Å². The van der Waals surface area contributed by atoms with Gasteiger partial charge in [0, 0.05) is 45.2 Å². The molecule has 0 N–H and O–H groups in total. The topological polar surface area (TPSA) is 9.72 Å². The van der Waals surface area contributed by atoms with Gasteiger partial charge in [0.2, 0.25) is 0 Å². The molecule has 0 atom stereocenters. The summed E-state index contributed by atoms with van der Waals surface area (Å²) in [6.07, 6.45) is 2.53. The predicted octanol–water partition coefficient (Wildman–Crippen LogP) is 3.02. The van der Waals surface area contributed by atoms with Crippen molar-refractivity contribution in [3.8, 4) is 11.8 Å². The van der Waals surface area contributed by atoms with Crippen LogP contribution in [0.25, 0.3) is 0 Å². The van der Waals surface area contributed by atoms with E-state index < -0.39 is 0 Å². The molecule has 0 spiro atoms. The van der Waals surface area contributed by atoms with Gasteiger partial charge in [-0.05, 0) is 39.9 Å². The van der Waals surface area contributed by atoms with E-state index in [9.17, 15) is 0 Å². The van der Waals surface area contributed by atoms with Crippen LogP contribution in [0.1, 0.15) is 47.5 Å². The third-order valence-electron chi connectivity index (χ3n) is 4.26. The van der Waals surface area contributed by atoms with Crippen LogP contribution in [-0.2, 0) is 0 Å². The van der Waals surface area contributed by atoms with Crippen LogP contribution in [0.3, 0.4) is 0 Å². The molecular formula is C19H39N3. The molecule has 0 radical (unpaired) electrons. The van der Waals surface area contributed by atoms with Crippen LogP contribution in [0, 0.1) is 17.8 Å². The van der Waals surface area contributed by atoms with Crippen molar-refractivity contribution in [1.29, 1.82) is 0 Å². The molecule has 3 nitrogen and oxygen atoms in total. The summed E-state index contributed by atoms with van der Waals surface area (Å²) >= 11 is 0. The maximum absolute atomic E-state index is 3.32. The van der Waals surface area contributed by atoms with E-state index >= 15 is 0 Å². The number of rotatable bonds is 3. The van der Waals surface area contributed by atoms with E-state index in [1.54, 1.807) is 0 Å². The van der Waals surface area contributed by atoms with Crippen LogP contribution in [-0.4, -0.2) is 74.1 Å². The lowest BCUT2D eigenvalue weighted by Crippen LogP contribution is -2.47. The lowest BCUT2D eigenvalue weighted by atomic mass is 9.97. The van der Waals surface area contributed by atoms with Crippen molar-refractivity contribution >= 4 is 0 Å². The van der Waals surface area contributed by atoms with E-state index in [0.29, 0.717) is 5.92 Å². The predicted molar refractivity (Wildman–Crippen MR) is 99.2 cm³/mol. The molecule has 0 aromatic rings. The molecule has 2 aliphatic rings. The second-order valence-electron chi connectivity index (χ2n) is 5.66. The summed E-state index contributed by atoms with van der Waals surface area (Å²) in [6, 6.07) is 0. The van der Waals surface area contributed by atoms with E-state index in [1.807, 2.05) is 34.6 Å². The quantitative estimate of drug-likeness (QED) is 0.742. The highest BCUT2D eigenvalue weighted by Gasteiger charge is 2.19. The highest BCUT2D eigenvalue weighted by Crippen LogP contribution is 2.16. The summed E-state index contributed by atoms with van der Waals surface area (Å²) in [7, 11) is 2.22. The van der Waals surface area contributed by atoms with Crippen LogP contribution in [0.15, 0.2) is 0 Å². The lowest BCUT2D eigenvalue weighted by molar-refractivity contribution is 0.124. The molecule has 0 bridgehead atoms. The molecule has 0 aliphatic carbocycles. The molecule has 0 aromatic carbocycles. The third-order valence-corrected chi connectivity index (χ3v) is 4.26. The largest absolute Gasteiger partial charge is 0.304 e. The first-order valence-corrected chi connectivity index (χ1v) is 9.33. The van der Waals surface area contributed by atoms with Crippen molar-refractivity contribution < 1.29 is 0 Å². The average molecular weight is 310 g/mol. The van der Waals surface area contributed by atoms with Gasteiger partial charge in [0.25, 0.3) is 0 Å². The monoisotopic (exact) mass is 309 g/mol. The fourth-order valence-corrected chi connectivity index (χ4v) is 2.86. The first-order chi connectivity index (χ1) is 10.8. The zero-order chi connectivity index (χ0) is 16.8. The van der Waals surface area contributed by atoms with Crippen molar-refractivity contribution in [1.82, 2.24) is 14.7 Å². The van der Waals surface area contributed by atoms with Gasteiger partial charge in [-0.15, -0.1) is 11.8 Å². The number of likely N-dealkylation sites (tertiary alicyclic amines) is 1. The zero-order valence-electron chi connectivity index (χ0n) is 16.0. The Hall–Kier alpha value is -0.560. The summed E-state index contributed by atoms with van der Waals surface area (Å²) in [5.41, 5.74) is 0. The molecular weight excluding hydrogens is 270 g/mol. The second-order valence-corrected chi connectivity index (χ2v) is 5.66. The molecule has 0 saturated carbocycles. The second kappa shape index (κ2) is 14.1. The van der Waals surface area contributed by atoms with E-state index in [4.69, 9.17) is 0 Å². The van der Waals surface area contributed by atoms with Gasteiger partial charge in [-0.25, -0.2) is 0 Å². The fourth-order valence-electron chi connectivity index (χ4n) is 2.86. The summed E-state index contributed by atoms with van der Waals surface area (Å²) in [5, 5.41) is 0. The highest BCUT2D eigenvalue weighted by molar-refractivity contribution is 5.02. The zero-order valence-corrected chi connectivity index (χ0v) is 16.0. The van der Waals surface area contributed by atoms with Gasteiger partial charge in [0.15, 0.2) is 0 Å². The Morgan fingerprint density at radius 1 is 0.773 bits per heavy atom. The van der Waals surface area contributed by atoms with Gasteiger partial charge in [0.05, 0.1) is 0 Å². The number of hydrogen-bond acceptors (Lipinski definition) is 3.